The zero-order chi connectivity index (χ0) is 23.8. The number of hydrogen-bond acceptors (Lipinski definition) is 3. The maximum atomic E-state index is 6.76. The third kappa shape index (κ3) is 3.12. The topological polar surface area (TPSA) is 27.7 Å². The molecule has 1 atom stereocenters. The van der Waals surface area contributed by atoms with Gasteiger partial charge in [0, 0.05) is 5.19 Å². The highest BCUT2D eigenvalue weighted by Crippen LogP contribution is 2.43. The molecule has 3 nitrogen and oxygen atoms in total. The molecular weight excluding hydrogens is 481 g/mol. The van der Waals surface area contributed by atoms with E-state index in [1.807, 2.05) is 0 Å². The Morgan fingerprint density at radius 3 is 1.51 bits per heavy atom. The molecule has 1 unspecified atom stereocenters. The zero-order valence-electron chi connectivity index (χ0n) is 19.9. The van der Waals surface area contributed by atoms with Crippen molar-refractivity contribution in [2.24, 2.45) is 0 Å². The minimum Gasteiger partial charge on any atom is -0.414 e. The monoisotopic (exact) mass is 504 g/mol. The van der Waals surface area contributed by atoms with Gasteiger partial charge in [-0.15, -0.1) is 0 Å². The van der Waals surface area contributed by atoms with E-state index in [4.69, 9.17) is 12.3 Å². The largest absolute Gasteiger partial charge is 0.414 e. The molecule has 1 aliphatic rings. The van der Waals surface area contributed by atoms with Gasteiger partial charge in [0.2, 0.25) is 0 Å². The van der Waals surface area contributed by atoms with Crippen molar-refractivity contribution in [2.45, 2.75) is 19.6 Å². The summed E-state index contributed by atoms with van der Waals surface area (Å²) in [6, 6.07) is 33.1. The predicted molar refractivity (Wildman–Crippen MR) is 152 cm³/mol. The van der Waals surface area contributed by atoms with Crippen LogP contribution < -0.4 is 5.19 Å². The van der Waals surface area contributed by atoms with Crippen molar-refractivity contribution in [3.8, 4) is 0 Å². The smallest absolute Gasteiger partial charge is 0.413 e. The number of benzene rings is 6. The number of hydrogen-bond donors (Lipinski definition) is 0. The number of rotatable bonds is 1. The third-order valence-corrected chi connectivity index (χ3v) is 16.3. The molecule has 170 valence electrons. The molecule has 7 rings (SSSR count). The van der Waals surface area contributed by atoms with Crippen molar-refractivity contribution in [3.63, 3.8) is 0 Å². The van der Waals surface area contributed by atoms with Crippen LogP contribution in [0.1, 0.15) is 0 Å². The molecule has 0 saturated carbocycles. The van der Waals surface area contributed by atoms with Crippen LogP contribution in [0.2, 0.25) is 19.6 Å². The Hall–Kier alpha value is -2.85. The van der Waals surface area contributed by atoms with E-state index in [0.717, 1.165) is 0 Å². The Kier molecular flexibility index (Phi) is 4.64. The fourth-order valence-electron chi connectivity index (χ4n) is 5.86. The summed E-state index contributed by atoms with van der Waals surface area (Å²) in [7, 11) is -4.96. The molecule has 0 spiro atoms. The van der Waals surface area contributed by atoms with Crippen molar-refractivity contribution < 1.29 is 12.3 Å². The first kappa shape index (κ1) is 21.4. The molecular formula is C29H24O3Si3. The van der Waals surface area contributed by atoms with Crippen molar-refractivity contribution >= 4 is 86.2 Å². The highest BCUT2D eigenvalue weighted by atomic mass is 28.5. The van der Waals surface area contributed by atoms with Crippen LogP contribution in [0.3, 0.4) is 0 Å². The van der Waals surface area contributed by atoms with Crippen LogP contribution in [0.5, 0.6) is 0 Å². The Labute approximate surface area is 208 Å². The lowest BCUT2D eigenvalue weighted by Crippen LogP contribution is -2.63. The second kappa shape index (κ2) is 7.57. The average Bonchev–Trinajstić information content (AvgIpc) is 2.87. The van der Waals surface area contributed by atoms with Crippen LogP contribution in [0.25, 0.3) is 53.9 Å². The summed E-state index contributed by atoms with van der Waals surface area (Å²) in [6.45, 7) is 6.43. The minimum absolute atomic E-state index is 0.0236. The van der Waals surface area contributed by atoms with Crippen molar-refractivity contribution in [3.05, 3.63) is 91.0 Å². The molecule has 1 aliphatic heterocycles. The molecule has 0 aromatic heterocycles. The average molecular weight is 505 g/mol. The standard InChI is InChI=1S/C29H24O3Si3/c1-34(2)30-33-31-35(3,32-34)26-18-10-17-24-21-13-6-8-15-23(21)27-22-14-7-4-11-19(22)20-12-5-9-16-25(20)29(27)28(24)26/h4-18H,1-3H3. The van der Waals surface area contributed by atoms with Gasteiger partial charge in [-0.3, -0.25) is 0 Å². The van der Waals surface area contributed by atoms with Gasteiger partial charge in [0.15, 0.2) is 0 Å². The highest BCUT2D eigenvalue weighted by molar-refractivity contribution is 6.93. The summed E-state index contributed by atoms with van der Waals surface area (Å²) in [5.41, 5.74) is 0. The van der Waals surface area contributed by atoms with Crippen LogP contribution in [0.15, 0.2) is 91.0 Å². The van der Waals surface area contributed by atoms with E-state index < -0.39 is 17.1 Å². The molecule has 0 N–H and O–H groups in total. The van der Waals surface area contributed by atoms with Crippen LogP contribution in [-0.2, 0) is 12.3 Å². The Bertz CT molecular complexity index is 1800. The second-order valence-electron chi connectivity index (χ2n) is 9.85. The first-order valence-electron chi connectivity index (χ1n) is 12.0. The minimum atomic E-state index is -2.72. The summed E-state index contributed by atoms with van der Waals surface area (Å²) in [4.78, 5) is 0. The van der Waals surface area contributed by atoms with Gasteiger partial charge >= 0.3 is 27.1 Å². The first-order valence-corrected chi connectivity index (χ1v) is 17.9. The van der Waals surface area contributed by atoms with Gasteiger partial charge in [0.25, 0.3) is 0 Å². The van der Waals surface area contributed by atoms with Crippen LogP contribution in [0, 0.1) is 0 Å². The summed E-state index contributed by atoms with van der Waals surface area (Å²) in [5, 5.41) is 14.0. The lowest BCUT2D eigenvalue weighted by atomic mass is 9.87. The van der Waals surface area contributed by atoms with E-state index in [9.17, 15) is 0 Å². The lowest BCUT2D eigenvalue weighted by molar-refractivity contribution is 0.276. The lowest BCUT2D eigenvalue weighted by Gasteiger charge is -2.40. The van der Waals surface area contributed by atoms with Gasteiger partial charge in [0.05, 0.1) is 0 Å². The molecule has 1 fully saturated rings. The third-order valence-electron chi connectivity index (χ3n) is 7.19. The quantitative estimate of drug-likeness (QED) is 0.178. The molecule has 0 aliphatic carbocycles. The Balaban J connectivity index is 1.80. The normalized spacial score (nSPS) is 20.3. The summed E-state index contributed by atoms with van der Waals surface area (Å²) in [6.07, 6.45) is 0. The molecule has 0 amide bonds. The fourth-order valence-corrected chi connectivity index (χ4v) is 14.7. The SMILES string of the molecule is C[Si]1(C)O[Si]O[Si](C)(c2cccc3c4ccccc4c4c5ccccc5c5ccccc5c4c23)O1. The van der Waals surface area contributed by atoms with E-state index in [1.165, 1.54) is 59.0 Å². The summed E-state index contributed by atoms with van der Waals surface area (Å²) < 4.78 is 19.1. The molecule has 1 heterocycles. The van der Waals surface area contributed by atoms with Gasteiger partial charge in [-0.1, -0.05) is 91.0 Å². The van der Waals surface area contributed by atoms with E-state index in [1.54, 1.807) is 0 Å². The van der Waals surface area contributed by atoms with E-state index in [2.05, 4.69) is 111 Å². The molecule has 6 aromatic carbocycles. The zero-order valence-corrected chi connectivity index (χ0v) is 22.9. The van der Waals surface area contributed by atoms with Crippen LogP contribution >= 0.6 is 0 Å². The highest BCUT2D eigenvalue weighted by Gasteiger charge is 2.47. The van der Waals surface area contributed by atoms with Gasteiger partial charge in [-0.25, -0.2) is 0 Å². The second-order valence-corrected chi connectivity index (χ2v) is 17.7. The number of fused-ring (bicyclic) bond motifs is 11. The van der Waals surface area contributed by atoms with E-state index in [-0.39, 0.29) is 10.0 Å². The maximum Gasteiger partial charge on any atom is 0.413 e. The summed E-state index contributed by atoms with van der Waals surface area (Å²) in [5.74, 6) is 0. The van der Waals surface area contributed by atoms with Crippen LogP contribution in [-0.4, -0.2) is 27.1 Å². The maximum absolute atomic E-state index is 6.76. The Morgan fingerprint density at radius 2 is 0.943 bits per heavy atom. The first-order chi connectivity index (χ1) is 17.0. The Morgan fingerprint density at radius 1 is 0.486 bits per heavy atom. The van der Waals surface area contributed by atoms with Crippen molar-refractivity contribution in [1.29, 1.82) is 0 Å². The summed E-state index contributed by atoms with van der Waals surface area (Å²) >= 11 is 0. The molecule has 6 heteroatoms. The molecule has 6 aromatic rings. The molecule has 0 bridgehead atoms. The van der Waals surface area contributed by atoms with Crippen LogP contribution in [0.4, 0.5) is 0 Å². The van der Waals surface area contributed by atoms with Gasteiger partial charge in [0.1, 0.15) is 0 Å². The predicted octanol–water partition coefficient (Wildman–Crippen LogP) is 7.03. The fraction of sp³-hybridized carbons (Fsp3) is 0.103. The van der Waals surface area contributed by atoms with Gasteiger partial charge < -0.3 is 12.3 Å². The molecule has 1 saturated heterocycles. The van der Waals surface area contributed by atoms with Crippen molar-refractivity contribution in [1.82, 2.24) is 0 Å². The molecule has 2 radical (unpaired) electrons. The van der Waals surface area contributed by atoms with Crippen molar-refractivity contribution in [2.75, 3.05) is 0 Å². The molecule has 35 heavy (non-hydrogen) atoms. The van der Waals surface area contributed by atoms with Gasteiger partial charge in [-0.05, 0) is 73.5 Å². The van der Waals surface area contributed by atoms with E-state index >= 15 is 0 Å². The van der Waals surface area contributed by atoms with Gasteiger partial charge in [-0.2, -0.15) is 0 Å². The van der Waals surface area contributed by atoms with E-state index in [0.29, 0.717) is 0 Å².